The van der Waals surface area contributed by atoms with Gasteiger partial charge in [-0.25, -0.2) is 4.79 Å². The van der Waals surface area contributed by atoms with Gasteiger partial charge in [0.05, 0.1) is 5.56 Å². The van der Waals surface area contributed by atoms with Crippen molar-refractivity contribution in [1.29, 1.82) is 0 Å². The molecule has 7 heteroatoms. The molecule has 7 nitrogen and oxygen atoms in total. The first-order valence-electron chi connectivity index (χ1n) is 7.19. The Balaban J connectivity index is 2.22. The Labute approximate surface area is 128 Å². The van der Waals surface area contributed by atoms with Crippen LogP contribution in [0.15, 0.2) is 33.7 Å². The van der Waals surface area contributed by atoms with Gasteiger partial charge in [0.25, 0.3) is 5.89 Å². The van der Waals surface area contributed by atoms with Crippen LogP contribution in [-0.2, 0) is 11.3 Å². The highest BCUT2D eigenvalue weighted by Gasteiger charge is 2.22. The third-order valence-electron chi connectivity index (χ3n) is 3.20. The number of hydrogen-bond donors (Lipinski definition) is 0. The van der Waals surface area contributed by atoms with E-state index < -0.39 is 5.76 Å². The quantitative estimate of drug-likeness (QED) is 0.837. The maximum Gasteiger partial charge on any atom is 0.437 e. The zero-order chi connectivity index (χ0) is 16.3. The smallest absolute Gasteiger partial charge is 0.388 e. The van der Waals surface area contributed by atoms with Gasteiger partial charge in [-0.1, -0.05) is 0 Å². The molecule has 0 saturated carbocycles. The van der Waals surface area contributed by atoms with Crippen molar-refractivity contribution in [3.63, 3.8) is 0 Å². The molecule has 1 amide bonds. The summed E-state index contributed by atoms with van der Waals surface area (Å²) in [7, 11) is 0. The molecule has 0 aromatic carbocycles. The van der Waals surface area contributed by atoms with Gasteiger partial charge in [-0.2, -0.15) is 4.68 Å². The molecule has 0 fully saturated rings. The fourth-order valence-corrected chi connectivity index (χ4v) is 2.39. The summed E-state index contributed by atoms with van der Waals surface area (Å²) in [5.74, 6) is -0.663. The van der Waals surface area contributed by atoms with Crippen molar-refractivity contribution in [2.45, 2.75) is 46.3 Å². The molecule has 0 N–H and O–H groups in total. The lowest BCUT2D eigenvalue weighted by molar-refractivity contribution is -0.135. The van der Waals surface area contributed by atoms with E-state index >= 15 is 0 Å². The average Bonchev–Trinajstić information content (AvgIpc) is 2.80. The molecular weight excluding hydrogens is 284 g/mol. The summed E-state index contributed by atoms with van der Waals surface area (Å²) in [6.45, 7) is 7.60. The fourth-order valence-electron chi connectivity index (χ4n) is 2.39. The van der Waals surface area contributed by atoms with Crippen LogP contribution in [0.2, 0.25) is 0 Å². The van der Waals surface area contributed by atoms with Gasteiger partial charge in [0.1, 0.15) is 6.54 Å². The van der Waals surface area contributed by atoms with E-state index in [1.54, 1.807) is 29.4 Å². The molecule has 2 aromatic rings. The minimum Gasteiger partial charge on any atom is -0.388 e. The van der Waals surface area contributed by atoms with Crippen molar-refractivity contribution in [1.82, 2.24) is 19.7 Å². The Morgan fingerprint density at radius 1 is 1.32 bits per heavy atom. The van der Waals surface area contributed by atoms with E-state index in [0.29, 0.717) is 5.56 Å². The Morgan fingerprint density at radius 3 is 2.55 bits per heavy atom. The third-order valence-corrected chi connectivity index (χ3v) is 3.20. The highest BCUT2D eigenvalue weighted by Crippen LogP contribution is 2.13. The zero-order valence-corrected chi connectivity index (χ0v) is 13.2. The molecule has 0 bridgehead atoms. The second-order valence-electron chi connectivity index (χ2n) is 5.56. The minimum atomic E-state index is -0.653. The highest BCUT2D eigenvalue weighted by atomic mass is 16.4. The fraction of sp³-hybridized carbons (Fsp3) is 0.467. The summed E-state index contributed by atoms with van der Waals surface area (Å²) in [5.41, 5.74) is 0.593. The first-order chi connectivity index (χ1) is 10.4. The predicted molar refractivity (Wildman–Crippen MR) is 81.1 cm³/mol. The Kier molecular flexibility index (Phi) is 4.75. The van der Waals surface area contributed by atoms with Gasteiger partial charge in [-0.15, -0.1) is 5.10 Å². The molecule has 22 heavy (non-hydrogen) atoms. The van der Waals surface area contributed by atoms with Crippen molar-refractivity contribution in [2.75, 3.05) is 0 Å². The SMILES string of the molecule is CC(C)N(C(=O)Cn1nc(-c2cccnc2)oc1=O)C(C)C. The molecule has 0 aliphatic rings. The number of aromatic nitrogens is 3. The van der Waals surface area contributed by atoms with E-state index in [1.807, 2.05) is 27.7 Å². The van der Waals surface area contributed by atoms with E-state index in [1.165, 1.54) is 0 Å². The summed E-state index contributed by atoms with van der Waals surface area (Å²) in [5, 5.41) is 4.07. The second-order valence-corrected chi connectivity index (χ2v) is 5.56. The first-order valence-corrected chi connectivity index (χ1v) is 7.19. The molecular formula is C15H20N4O3. The average molecular weight is 304 g/mol. The first kappa shape index (κ1) is 15.9. The van der Waals surface area contributed by atoms with Crippen LogP contribution >= 0.6 is 0 Å². The molecule has 0 aliphatic heterocycles. The van der Waals surface area contributed by atoms with Gasteiger partial charge in [-0.05, 0) is 39.8 Å². The maximum atomic E-state index is 12.4. The minimum absolute atomic E-state index is 0.0490. The zero-order valence-electron chi connectivity index (χ0n) is 13.2. The maximum absolute atomic E-state index is 12.4. The molecule has 0 aliphatic carbocycles. The molecule has 0 unspecified atom stereocenters. The van der Waals surface area contributed by atoms with Crippen LogP contribution in [0.3, 0.4) is 0 Å². The Hall–Kier alpha value is -2.44. The third kappa shape index (κ3) is 3.41. The molecule has 0 radical (unpaired) electrons. The summed E-state index contributed by atoms with van der Waals surface area (Å²) in [6, 6.07) is 3.55. The number of amides is 1. The van der Waals surface area contributed by atoms with E-state index in [9.17, 15) is 9.59 Å². The molecule has 2 heterocycles. The van der Waals surface area contributed by atoms with Gasteiger partial charge in [-0.3, -0.25) is 9.78 Å². The van der Waals surface area contributed by atoms with Crippen LogP contribution in [0.1, 0.15) is 27.7 Å². The number of rotatable bonds is 5. The molecule has 118 valence electrons. The molecule has 0 saturated heterocycles. The van der Waals surface area contributed by atoms with Crippen molar-refractivity contribution in [2.24, 2.45) is 0 Å². The Bertz CT molecular complexity index is 680. The number of carbonyl (C=O) groups excluding carboxylic acids is 1. The van der Waals surface area contributed by atoms with Crippen LogP contribution in [0.4, 0.5) is 0 Å². The van der Waals surface area contributed by atoms with Crippen LogP contribution in [0.25, 0.3) is 11.5 Å². The van der Waals surface area contributed by atoms with E-state index in [0.717, 1.165) is 4.68 Å². The number of hydrogen-bond acceptors (Lipinski definition) is 5. The normalized spacial score (nSPS) is 11.2. The lowest BCUT2D eigenvalue weighted by atomic mass is 10.2. The second kappa shape index (κ2) is 6.55. The van der Waals surface area contributed by atoms with Crippen molar-refractivity contribution >= 4 is 5.91 Å². The molecule has 0 atom stereocenters. The van der Waals surface area contributed by atoms with Crippen molar-refractivity contribution < 1.29 is 9.21 Å². The van der Waals surface area contributed by atoms with Gasteiger partial charge < -0.3 is 9.32 Å². The highest BCUT2D eigenvalue weighted by molar-refractivity contribution is 5.76. The van der Waals surface area contributed by atoms with Gasteiger partial charge in [0.2, 0.25) is 5.91 Å². The monoisotopic (exact) mass is 304 g/mol. The van der Waals surface area contributed by atoms with Crippen LogP contribution in [-0.4, -0.2) is 37.7 Å². The molecule has 2 aromatic heterocycles. The molecule has 2 rings (SSSR count). The van der Waals surface area contributed by atoms with Crippen LogP contribution < -0.4 is 5.76 Å². The number of pyridine rings is 1. The topological polar surface area (TPSA) is 81.2 Å². The van der Waals surface area contributed by atoms with E-state index in [2.05, 4.69) is 10.1 Å². The summed E-state index contributed by atoms with van der Waals surface area (Å²) >= 11 is 0. The number of nitrogens with zero attached hydrogens (tertiary/aromatic N) is 4. The lowest BCUT2D eigenvalue weighted by Gasteiger charge is -2.30. The van der Waals surface area contributed by atoms with Gasteiger partial charge in [0.15, 0.2) is 0 Å². The van der Waals surface area contributed by atoms with Crippen molar-refractivity contribution in [3.8, 4) is 11.5 Å². The van der Waals surface area contributed by atoms with Crippen molar-refractivity contribution in [3.05, 3.63) is 35.1 Å². The largest absolute Gasteiger partial charge is 0.437 e. The summed E-state index contributed by atoms with van der Waals surface area (Å²) in [6.07, 6.45) is 3.16. The lowest BCUT2D eigenvalue weighted by Crippen LogP contribution is -2.44. The van der Waals surface area contributed by atoms with Crippen LogP contribution in [0, 0.1) is 0 Å². The van der Waals surface area contributed by atoms with E-state index in [4.69, 9.17) is 4.42 Å². The number of carbonyl (C=O) groups is 1. The van der Waals surface area contributed by atoms with E-state index in [-0.39, 0.29) is 30.4 Å². The molecule has 0 spiro atoms. The van der Waals surface area contributed by atoms with Gasteiger partial charge >= 0.3 is 5.76 Å². The summed E-state index contributed by atoms with van der Waals surface area (Å²) < 4.78 is 6.13. The Morgan fingerprint density at radius 2 is 2.00 bits per heavy atom. The van der Waals surface area contributed by atoms with Gasteiger partial charge in [0, 0.05) is 24.5 Å². The standard InChI is InChI=1S/C15H20N4O3/c1-10(2)19(11(3)4)13(20)9-18-15(21)22-14(17-18)12-6-5-7-16-8-12/h5-8,10-11H,9H2,1-4H3. The van der Waals surface area contributed by atoms with Crippen LogP contribution in [0.5, 0.6) is 0 Å². The summed E-state index contributed by atoms with van der Waals surface area (Å²) in [4.78, 5) is 29.9. The predicted octanol–water partition coefficient (Wildman–Crippen LogP) is 1.54.